The van der Waals surface area contributed by atoms with E-state index in [1.807, 2.05) is 72.8 Å². The lowest BCUT2D eigenvalue weighted by Crippen LogP contribution is -2.44. The molecular weight excluding hydrogens is 858 g/mol. The van der Waals surface area contributed by atoms with Gasteiger partial charge in [0.1, 0.15) is 39.1 Å². The standard InChI is InChI=1S/C45H46Br2O6P2/c1-48-33-19-7-13-25-39(33)54(40-26-14-8-20-34(40)49-2,41-27-15-9-21-35(41)50-3)32-31-45(46,47)55(42-28-16-10-22-36(42)51-4,43-29-17-11-23-37(43)52-5)44-30-18-12-24-38(44)53-6/h7-30H,31-32H2,1-6H3/q+2. The maximum Gasteiger partial charge on any atom is 0.204 e. The van der Waals surface area contributed by atoms with Gasteiger partial charge in [0.25, 0.3) is 0 Å². The fourth-order valence-corrected chi connectivity index (χ4v) is 21.8. The summed E-state index contributed by atoms with van der Waals surface area (Å²) in [7, 11) is 4.71. The van der Waals surface area contributed by atoms with E-state index in [0.717, 1.165) is 66.3 Å². The molecule has 0 unspecified atom stereocenters. The number of halogens is 2. The van der Waals surface area contributed by atoms with Crippen molar-refractivity contribution in [2.24, 2.45) is 0 Å². The molecule has 0 amide bonds. The Morgan fingerprint density at radius 2 is 0.582 bits per heavy atom. The average molecular weight is 905 g/mol. The lowest BCUT2D eigenvalue weighted by Gasteiger charge is -2.40. The van der Waals surface area contributed by atoms with Crippen LogP contribution in [0.1, 0.15) is 6.42 Å². The van der Waals surface area contributed by atoms with Gasteiger partial charge in [0.05, 0.1) is 48.8 Å². The van der Waals surface area contributed by atoms with Crippen molar-refractivity contribution in [3.05, 3.63) is 146 Å². The zero-order valence-electron chi connectivity index (χ0n) is 31.9. The van der Waals surface area contributed by atoms with Crippen molar-refractivity contribution in [2.75, 3.05) is 48.8 Å². The topological polar surface area (TPSA) is 55.4 Å². The molecule has 0 bridgehead atoms. The number of rotatable bonds is 16. The highest BCUT2D eigenvalue weighted by Gasteiger charge is 2.66. The van der Waals surface area contributed by atoms with Gasteiger partial charge in [-0.05, 0) is 105 Å². The predicted molar refractivity (Wildman–Crippen MR) is 240 cm³/mol. The zero-order chi connectivity index (χ0) is 39.1. The molecule has 6 rings (SSSR count). The molecule has 0 radical (unpaired) electrons. The lowest BCUT2D eigenvalue weighted by atomic mass is 10.3. The summed E-state index contributed by atoms with van der Waals surface area (Å²) in [6.07, 6.45) is 1.25. The summed E-state index contributed by atoms with van der Waals surface area (Å²) in [4.78, 5) is 0. The van der Waals surface area contributed by atoms with Crippen molar-refractivity contribution in [3.8, 4) is 34.5 Å². The molecule has 284 valence electrons. The highest BCUT2D eigenvalue weighted by molar-refractivity contribution is 9.27. The molecule has 0 fully saturated rings. The molecule has 0 atom stereocenters. The van der Waals surface area contributed by atoms with Gasteiger partial charge >= 0.3 is 0 Å². The summed E-state index contributed by atoms with van der Waals surface area (Å²) < 4.78 is 36.6. The van der Waals surface area contributed by atoms with Gasteiger partial charge in [0.2, 0.25) is 2.97 Å². The molecule has 0 saturated carbocycles. The van der Waals surface area contributed by atoms with E-state index in [2.05, 4.69) is 105 Å². The SMILES string of the molecule is COc1ccccc1[P+](CCC(Br)(Br)[P+](c1ccccc1OC)(c1ccccc1OC)c1ccccc1OC)(c1ccccc1OC)c1ccccc1OC. The third-order valence-electron chi connectivity index (χ3n) is 10.1. The van der Waals surface area contributed by atoms with Crippen LogP contribution in [0.5, 0.6) is 34.5 Å². The van der Waals surface area contributed by atoms with Crippen LogP contribution in [0.25, 0.3) is 0 Å². The molecule has 10 heteroatoms. The Kier molecular flexibility index (Phi) is 13.2. The number of hydrogen-bond donors (Lipinski definition) is 0. The van der Waals surface area contributed by atoms with E-state index in [0.29, 0.717) is 12.6 Å². The van der Waals surface area contributed by atoms with Crippen molar-refractivity contribution in [1.29, 1.82) is 0 Å². The summed E-state index contributed by atoms with van der Waals surface area (Å²) >= 11 is 9.01. The first kappa shape index (κ1) is 40.6. The monoisotopic (exact) mass is 902 g/mol. The molecule has 6 aromatic rings. The number of alkyl halides is 2. The van der Waals surface area contributed by atoms with Crippen LogP contribution in [-0.4, -0.2) is 51.8 Å². The second-order valence-corrected chi connectivity index (χ2v) is 24.7. The molecule has 0 heterocycles. The van der Waals surface area contributed by atoms with E-state index in [4.69, 9.17) is 28.4 Å². The van der Waals surface area contributed by atoms with Crippen molar-refractivity contribution in [2.45, 2.75) is 9.40 Å². The van der Waals surface area contributed by atoms with Crippen molar-refractivity contribution in [1.82, 2.24) is 0 Å². The van der Waals surface area contributed by atoms with Crippen LogP contribution in [0.3, 0.4) is 0 Å². The molecule has 0 aliphatic carbocycles. The number of methoxy groups -OCH3 is 6. The van der Waals surface area contributed by atoms with Crippen LogP contribution in [0.4, 0.5) is 0 Å². The molecule has 55 heavy (non-hydrogen) atoms. The van der Waals surface area contributed by atoms with Crippen LogP contribution >= 0.6 is 46.4 Å². The predicted octanol–water partition coefficient (Wildman–Crippen LogP) is 8.86. The Hall–Kier alpha value is -4.06. The van der Waals surface area contributed by atoms with Gasteiger partial charge in [-0.3, -0.25) is 0 Å². The van der Waals surface area contributed by atoms with Crippen LogP contribution < -0.4 is 60.2 Å². The number of hydrogen-bond acceptors (Lipinski definition) is 6. The number of ether oxygens (including phenoxy) is 6. The maximum atomic E-state index is 6.24. The van der Waals surface area contributed by atoms with Crippen LogP contribution in [0, 0.1) is 0 Å². The maximum absolute atomic E-state index is 6.24. The molecular formula is C45H46Br2O6P2+2. The largest absolute Gasteiger partial charge is 0.493 e. The van der Waals surface area contributed by atoms with E-state index in [1.165, 1.54) is 0 Å². The van der Waals surface area contributed by atoms with Crippen LogP contribution in [-0.2, 0) is 0 Å². The van der Waals surface area contributed by atoms with Crippen molar-refractivity contribution >= 4 is 78.2 Å². The zero-order valence-corrected chi connectivity index (χ0v) is 36.8. The van der Waals surface area contributed by atoms with Gasteiger partial charge in [-0.15, -0.1) is 0 Å². The minimum atomic E-state index is -2.95. The fourth-order valence-electron chi connectivity index (χ4n) is 7.69. The van der Waals surface area contributed by atoms with Gasteiger partial charge in [0, 0.05) is 6.42 Å². The minimum Gasteiger partial charge on any atom is -0.493 e. The fraction of sp³-hybridized carbons (Fsp3) is 0.200. The first-order valence-corrected chi connectivity index (χ1v) is 23.1. The lowest BCUT2D eigenvalue weighted by molar-refractivity contribution is 0.416. The Labute approximate surface area is 343 Å². The van der Waals surface area contributed by atoms with Crippen molar-refractivity contribution in [3.63, 3.8) is 0 Å². The van der Waals surface area contributed by atoms with Gasteiger partial charge in [0.15, 0.2) is 41.8 Å². The highest BCUT2D eigenvalue weighted by Crippen LogP contribution is 2.77. The second-order valence-electron chi connectivity index (χ2n) is 12.7. The number of benzene rings is 6. The van der Waals surface area contributed by atoms with E-state index >= 15 is 0 Å². The molecule has 0 saturated heterocycles. The quantitative estimate of drug-likeness (QED) is 0.0716. The summed E-state index contributed by atoms with van der Waals surface area (Å²) in [6.45, 7) is 0. The first-order valence-electron chi connectivity index (χ1n) is 17.8. The Balaban J connectivity index is 1.75. The summed E-state index contributed by atoms with van der Waals surface area (Å²) in [6, 6.07) is 49.9. The molecule has 6 aromatic carbocycles. The summed E-state index contributed by atoms with van der Waals surface area (Å²) in [5.41, 5.74) is 0. The Bertz CT molecular complexity index is 2000. The molecule has 0 spiro atoms. The normalized spacial score (nSPS) is 11.8. The second kappa shape index (κ2) is 17.8. The molecule has 0 aliphatic heterocycles. The highest BCUT2D eigenvalue weighted by atomic mass is 79.9. The van der Waals surface area contributed by atoms with Gasteiger partial charge in [-0.1, -0.05) is 72.8 Å². The molecule has 0 N–H and O–H groups in total. The number of para-hydroxylation sites is 6. The van der Waals surface area contributed by atoms with Gasteiger partial charge < -0.3 is 28.4 Å². The third kappa shape index (κ3) is 7.24. The summed E-state index contributed by atoms with van der Waals surface area (Å²) in [5.74, 6) is 4.66. The van der Waals surface area contributed by atoms with Gasteiger partial charge in [-0.2, -0.15) is 0 Å². The molecule has 6 nitrogen and oxygen atoms in total. The van der Waals surface area contributed by atoms with Crippen LogP contribution in [0.2, 0.25) is 0 Å². The van der Waals surface area contributed by atoms with E-state index in [-0.39, 0.29) is 0 Å². The van der Waals surface area contributed by atoms with Gasteiger partial charge in [-0.25, -0.2) is 0 Å². The third-order valence-corrected chi connectivity index (χ3v) is 23.0. The molecule has 0 aliphatic rings. The van der Waals surface area contributed by atoms with Crippen LogP contribution in [0.15, 0.2) is 146 Å². The van der Waals surface area contributed by atoms with E-state index < -0.39 is 17.5 Å². The minimum absolute atomic E-state index is 0.594. The van der Waals surface area contributed by atoms with E-state index in [9.17, 15) is 0 Å². The Morgan fingerprint density at radius 3 is 0.836 bits per heavy atom. The molecule has 0 aromatic heterocycles. The van der Waals surface area contributed by atoms with E-state index in [1.54, 1.807) is 42.7 Å². The van der Waals surface area contributed by atoms with Crippen molar-refractivity contribution < 1.29 is 28.4 Å². The summed E-state index contributed by atoms with van der Waals surface area (Å²) in [5, 5.41) is 6.32. The Morgan fingerprint density at radius 1 is 0.364 bits per heavy atom. The first-order chi connectivity index (χ1) is 26.8. The average Bonchev–Trinajstić information content (AvgIpc) is 3.25. The smallest absolute Gasteiger partial charge is 0.204 e.